The van der Waals surface area contributed by atoms with Crippen LogP contribution in [0.4, 0.5) is 5.69 Å². The molecule has 4 heteroatoms. The highest BCUT2D eigenvalue weighted by Gasteiger charge is 2.21. The van der Waals surface area contributed by atoms with Crippen molar-refractivity contribution in [3.8, 4) is 11.5 Å². The summed E-state index contributed by atoms with van der Waals surface area (Å²) in [6.45, 7) is 0. The number of ether oxygens (including phenoxy) is 1. The molecule has 0 unspecified atom stereocenters. The molecule has 0 aromatic heterocycles. The highest BCUT2D eigenvalue weighted by Crippen LogP contribution is 2.43. The number of diazo groups is 1. The molecule has 3 aromatic rings. The van der Waals surface area contributed by atoms with Gasteiger partial charge >= 0.3 is 5.69 Å². The van der Waals surface area contributed by atoms with Gasteiger partial charge in [-0.25, -0.2) is 0 Å². The molecule has 0 aliphatic carbocycles. The van der Waals surface area contributed by atoms with E-state index in [1.165, 1.54) is 0 Å². The molecular formula is C15H11N2O2+. The number of nitrogens with zero attached hydrogens (tertiary/aromatic N) is 2. The number of fused-ring (bicyclic) bond motifs is 2. The smallest absolute Gasteiger partial charge is 0.400 e. The van der Waals surface area contributed by atoms with E-state index in [0.717, 1.165) is 0 Å². The Morgan fingerprint density at radius 1 is 1.00 bits per heavy atom. The molecular weight excluding hydrogens is 240 g/mol. The van der Waals surface area contributed by atoms with Crippen molar-refractivity contribution in [2.45, 2.75) is 0 Å². The van der Waals surface area contributed by atoms with Gasteiger partial charge in [0.15, 0.2) is 4.98 Å². The number of phenols is 1. The molecule has 0 amide bonds. The maximum Gasteiger partial charge on any atom is 0.400 e. The molecule has 0 aliphatic heterocycles. The minimum absolute atomic E-state index is 0.164. The molecule has 0 bridgehead atoms. The second-order valence-electron chi connectivity index (χ2n) is 4.25. The van der Waals surface area contributed by atoms with Gasteiger partial charge < -0.3 is 9.84 Å². The fraction of sp³-hybridized carbons (Fsp3) is 0.0667. The van der Waals surface area contributed by atoms with Gasteiger partial charge in [-0.2, -0.15) is 0 Å². The van der Waals surface area contributed by atoms with Crippen molar-refractivity contribution < 1.29 is 9.84 Å². The van der Waals surface area contributed by atoms with Crippen molar-refractivity contribution in [2.75, 3.05) is 7.11 Å². The Balaban J connectivity index is 2.58. The summed E-state index contributed by atoms with van der Waals surface area (Å²) in [6.07, 6.45) is 0. The van der Waals surface area contributed by atoms with Gasteiger partial charge in [-0.05, 0) is 24.3 Å². The predicted octanol–water partition coefficient (Wildman–Crippen LogP) is 4.19. The lowest BCUT2D eigenvalue weighted by Crippen LogP contribution is -1.84. The topological polar surface area (TPSA) is 57.6 Å². The molecule has 0 fully saturated rings. The van der Waals surface area contributed by atoms with Gasteiger partial charge in [0.05, 0.1) is 17.9 Å². The molecule has 92 valence electrons. The Kier molecular flexibility index (Phi) is 2.46. The second kappa shape index (κ2) is 4.14. The van der Waals surface area contributed by atoms with Crippen molar-refractivity contribution in [3.63, 3.8) is 0 Å². The fourth-order valence-electron chi connectivity index (χ4n) is 2.35. The Labute approximate surface area is 109 Å². The number of aromatic hydroxyl groups is 1. The lowest BCUT2D eigenvalue weighted by molar-refractivity contribution is 0.415. The first-order valence-corrected chi connectivity index (χ1v) is 5.82. The van der Waals surface area contributed by atoms with Crippen LogP contribution in [0.25, 0.3) is 26.5 Å². The van der Waals surface area contributed by atoms with E-state index in [2.05, 4.69) is 4.98 Å². The lowest BCUT2D eigenvalue weighted by atomic mass is 9.99. The van der Waals surface area contributed by atoms with E-state index in [9.17, 15) is 10.5 Å². The molecule has 0 aliphatic rings. The quantitative estimate of drug-likeness (QED) is 0.521. The van der Waals surface area contributed by atoms with Crippen molar-refractivity contribution in [1.82, 2.24) is 0 Å². The minimum Gasteiger partial charge on any atom is -0.507 e. The van der Waals surface area contributed by atoms with Crippen molar-refractivity contribution in [1.29, 1.82) is 5.39 Å². The molecule has 3 rings (SSSR count). The minimum atomic E-state index is 0.164. The maximum absolute atomic E-state index is 10.4. The highest BCUT2D eigenvalue weighted by molar-refractivity contribution is 6.15. The summed E-state index contributed by atoms with van der Waals surface area (Å²) in [5, 5.41) is 22.3. The number of rotatable bonds is 1. The summed E-state index contributed by atoms with van der Waals surface area (Å²) in [5.74, 6) is 0.805. The summed E-state index contributed by atoms with van der Waals surface area (Å²) < 4.78 is 5.16. The molecule has 0 atom stereocenters. The van der Waals surface area contributed by atoms with E-state index in [1.807, 2.05) is 18.2 Å². The standard InChI is InChI=1S/C15H10N2O2/c1-19-9-6-7-11-13(8-9)15(18)12-5-3-2-4-10(12)14(11)17-16/h2-8H,1H3/p+1. The number of hydrogen-bond donors (Lipinski definition) is 1. The van der Waals surface area contributed by atoms with Crippen LogP contribution in [0, 0.1) is 5.39 Å². The third-order valence-corrected chi connectivity index (χ3v) is 3.27. The van der Waals surface area contributed by atoms with E-state index in [4.69, 9.17) is 4.74 Å². The lowest BCUT2D eigenvalue weighted by Gasteiger charge is -2.06. The van der Waals surface area contributed by atoms with Crippen LogP contribution in [0.2, 0.25) is 0 Å². The first-order chi connectivity index (χ1) is 9.26. The van der Waals surface area contributed by atoms with E-state index in [-0.39, 0.29) is 5.75 Å². The number of phenolic OH excluding ortho intramolecular Hbond substituents is 1. The normalized spacial score (nSPS) is 10.5. The van der Waals surface area contributed by atoms with Gasteiger partial charge in [0.25, 0.3) is 0 Å². The van der Waals surface area contributed by atoms with Crippen LogP contribution in [0.5, 0.6) is 11.5 Å². The highest BCUT2D eigenvalue weighted by atomic mass is 16.5. The second-order valence-corrected chi connectivity index (χ2v) is 4.25. The van der Waals surface area contributed by atoms with Crippen LogP contribution < -0.4 is 4.74 Å². The van der Waals surface area contributed by atoms with Crippen LogP contribution in [0.1, 0.15) is 0 Å². The number of methoxy groups -OCH3 is 1. The van der Waals surface area contributed by atoms with Gasteiger partial charge in [-0.1, -0.05) is 18.2 Å². The zero-order valence-corrected chi connectivity index (χ0v) is 10.3. The van der Waals surface area contributed by atoms with E-state index >= 15 is 0 Å². The van der Waals surface area contributed by atoms with E-state index in [0.29, 0.717) is 33.0 Å². The van der Waals surface area contributed by atoms with Crippen molar-refractivity contribution in [3.05, 3.63) is 47.4 Å². The van der Waals surface area contributed by atoms with Gasteiger partial charge in [-0.3, -0.25) is 0 Å². The zero-order chi connectivity index (χ0) is 13.4. The first kappa shape index (κ1) is 11.3. The Morgan fingerprint density at radius 2 is 1.68 bits per heavy atom. The Morgan fingerprint density at radius 3 is 2.37 bits per heavy atom. The average Bonchev–Trinajstić information content (AvgIpc) is 2.48. The number of benzene rings is 3. The summed E-state index contributed by atoms with van der Waals surface area (Å²) in [6, 6.07) is 12.5. The van der Waals surface area contributed by atoms with Crippen LogP contribution in [-0.4, -0.2) is 12.2 Å². The molecule has 4 nitrogen and oxygen atoms in total. The molecule has 3 aromatic carbocycles. The van der Waals surface area contributed by atoms with Crippen LogP contribution in [0.3, 0.4) is 0 Å². The van der Waals surface area contributed by atoms with Crippen molar-refractivity contribution >= 4 is 27.2 Å². The number of hydrogen-bond acceptors (Lipinski definition) is 3. The summed E-state index contributed by atoms with van der Waals surface area (Å²) in [4.78, 5) is 3.37. The van der Waals surface area contributed by atoms with Crippen molar-refractivity contribution in [2.24, 2.45) is 0 Å². The first-order valence-electron chi connectivity index (χ1n) is 5.82. The summed E-state index contributed by atoms with van der Waals surface area (Å²) in [5.41, 5.74) is 0.450. The van der Waals surface area contributed by atoms with Gasteiger partial charge in [-0.15, -0.1) is 0 Å². The molecule has 0 saturated carbocycles. The Bertz CT molecular complexity index is 835. The SMILES string of the molecule is COc1ccc2c([N+]#N)c3ccccc3c(O)c2c1. The van der Waals surface area contributed by atoms with Gasteiger partial charge in [0.1, 0.15) is 11.5 Å². The van der Waals surface area contributed by atoms with Gasteiger partial charge in [0, 0.05) is 10.8 Å². The predicted molar refractivity (Wildman–Crippen MR) is 74.4 cm³/mol. The maximum atomic E-state index is 10.4. The fourth-order valence-corrected chi connectivity index (χ4v) is 2.35. The van der Waals surface area contributed by atoms with Crippen LogP contribution in [0.15, 0.2) is 42.5 Å². The molecule has 1 N–H and O–H groups in total. The third kappa shape index (κ3) is 1.56. The molecule has 0 spiro atoms. The van der Waals surface area contributed by atoms with Gasteiger partial charge in [0.2, 0.25) is 5.39 Å². The average molecular weight is 251 g/mol. The molecule has 0 radical (unpaired) electrons. The summed E-state index contributed by atoms with van der Waals surface area (Å²) >= 11 is 0. The van der Waals surface area contributed by atoms with E-state index < -0.39 is 0 Å². The van der Waals surface area contributed by atoms with Crippen LogP contribution >= 0.6 is 0 Å². The third-order valence-electron chi connectivity index (χ3n) is 3.27. The largest absolute Gasteiger partial charge is 0.507 e. The molecule has 19 heavy (non-hydrogen) atoms. The van der Waals surface area contributed by atoms with E-state index in [1.54, 1.807) is 31.4 Å². The van der Waals surface area contributed by atoms with Crippen LogP contribution in [-0.2, 0) is 0 Å². The zero-order valence-electron chi connectivity index (χ0n) is 10.3. The molecule has 0 saturated heterocycles. The summed E-state index contributed by atoms with van der Waals surface area (Å²) in [7, 11) is 1.57. The monoisotopic (exact) mass is 251 g/mol. The molecule has 0 heterocycles. The Hall–Kier alpha value is -2.80.